The van der Waals surface area contributed by atoms with Crippen LogP contribution in [-0.4, -0.2) is 24.6 Å². The summed E-state index contributed by atoms with van der Waals surface area (Å²) in [7, 11) is 0. The predicted molar refractivity (Wildman–Crippen MR) is 84.2 cm³/mol. The van der Waals surface area contributed by atoms with Crippen molar-refractivity contribution >= 4 is 11.9 Å². The van der Waals surface area contributed by atoms with Crippen LogP contribution in [0.2, 0.25) is 0 Å². The zero-order valence-corrected chi connectivity index (χ0v) is 12.8. The first kappa shape index (κ1) is 16.7. The molecule has 0 aliphatic carbocycles. The van der Waals surface area contributed by atoms with Gasteiger partial charge in [-0.15, -0.1) is 0 Å². The Balaban J connectivity index is 1.94. The van der Waals surface area contributed by atoms with E-state index in [1.54, 1.807) is 55.5 Å². The molecular formula is C18H18O5. The van der Waals surface area contributed by atoms with Crippen LogP contribution < -0.4 is 9.47 Å². The van der Waals surface area contributed by atoms with E-state index >= 15 is 0 Å². The molecule has 5 nitrogen and oxygen atoms in total. The standard InChI is InChI=1S/C18H18O5/c1-2-21-16(18(20)23-15-11-7-4-8-12-15)13-17(19)22-14-9-5-3-6-10-14/h3-12,16H,2,13H2,1H3. The zero-order valence-electron chi connectivity index (χ0n) is 12.8. The van der Waals surface area contributed by atoms with Crippen molar-refractivity contribution in [2.45, 2.75) is 19.4 Å². The van der Waals surface area contributed by atoms with Gasteiger partial charge in [-0.05, 0) is 31.2 Å². The summed E-state index contributed by atoms with van der Waals surface area (Å²) >= 11 is 0. The van der Waals surface area contributed by atoms with E-state index in [9.17, 15) is 9.59 Å². The van der Waals surface area contributed by atoms with Crippen molar-refractivity contribution in [2.75, 3.05) is 6.61 Å². The highest BCUT2D eigenvalue weighted by Gasteiger charge is 2.25. The van der Waals surface area contributed by atoms with Gasteiger partial charge >= 0.3 is 11.9 Å². The second-order valence-corrected chi connectivity index (χ2v) is 4.67. The molecule has 5 heteroatoms. The van der Waals surface area contributed by atoms with Gasteiger partial charge in [-0.1, -0.05) is 36.4 Å². The number of ether oxygens (including phenoxy) is 3. The number of para-hydroxylation sites is 2. The van der Waals surface area contributed by atoms with Crippen molar-refractivity contribution in [3.05, 3.63) is 60.7 Å². The molecule has 2 aromatic carbocycles. The summed E-state index contributed by atoms with van der Waals surface area (Å²) in [5.41, 5.74) is 0. The third-order valence-corrected chi connectivity index (χ3v) is 2.92. The minimum Gasteiger partial charge on any atom is -0.426 e. The largest absolute Gasteiger partial charge is 0.426 e. The lowest BCUT2D eigenvalue weighted by atomic mass is 10.2. The van der Waals surface area contributed by atoms with Crippen molar-refractivity contribution < 1.29 is 23.8 Å². The molecule has 0 amide bonds. The normalized spacial score (nSPS) is 11.5. The number of esters is 2. The molecule has 0 bridgehead atoms. The molecule has 2 rings (SSSR count). The van der Waals surface area contributed by atoms with E-state index in [4.69, 9.17) is 14.2 Å². The smallest absolute Gasteiger partial charge is 0.341 e. The van der Waals surface area contributed by atoms with Crippen molar-refractivity contribution in [3.8, 4) is 11.5 Å². The molecule has 0 saturated carbocycles. The number of hydrogen-bond acceptors (Lipinski definition) is 5. The predicted octanol–water partition coefficient (Wildman–Crippen LogP) is 2.99. The van der Waals surface area contributed by atoms with E-state index in [1.807, 2.05) is 12.1 Å². The zero-order chi connectivity index (χ0) is 16.5. The molecule has 23 heavy (non-hydrogen) atoms. The van der Waals surface area contributed by atoms with Gasteiger partial charge in [0.15, 0.2) is 6.10 Å². The number of benzene rings is 2. The molecule has 0 aliphatic heterocycles. The average molecular weight is 314 g/mol. The molecule has 2 aromatic rings. The van der Waals surface area contributed by atoms with E-state index in [-0.39, 0.29) is 13.0 Å². The van der Waals surface area contributed by atoms with E-state index in [2.05, 4.69) is 0 Å². The molecule has 0 heterocycles. The van der Waals surface area contributed by atoms with E-state index < -0.39 is 18.0 Å². The summed E-state index contributed by atoms with van der Waals surface area (Å²) in [5, 5.41) is 0. The fraction of sp³-hybridized carbons (Fsp3) is 0.222. The van der Waals surface area contributed by atoms with E-state index in [1.165, 1.54) is 0 Å². The highest BCUT2D eigenvalue weighted by molar-refractivity contribution is 5.84. The summed E-state index contributed by atoms with van der Waals surface area (Å²) in [4.78, 5) is 24.1. The number of carbonyl (C=O) groups excluding carboxylic acids is 2. The summed E-state index contributed by atoms with van der Waals surface area (Å²) < 4.78 is 15.7. The average Bonchev–Trinajstić information content (AvgIpc) is 2.56. The van der Waals surface area contributed by atoms with Crippen LogP contribution >= 0.6 is 0 Å². The molecule has 0 N–H and O–H groups in total. The molecule has 0 aliphatic rings. The lowest BCUT2D eigenvalue weighted by Crippen LogP contribution is -2.32. The summed E-state index contributed by atoms with van der Waals surface area (Å²) in [6, 6.07) is 17.3. The van der Waals surface area contributed by atoms with Crippen LogP contribution in [0, 0.1) is 0 Å². The lowest BCUT2D eigenvalue weighted by Gasteiger charge is -2.15. The van der Waals surface area contributed by atoms with Gasteiger partial charge in [-0.3, -0.25) is 4.79 Å². The van der Waals surface area contributed by atoms with Crippen LogP contribution in [0.15, 0.2) is 60.7 Å². The molecular weight excluding hydrogens is 296 g/mol. The molecule has 120 valence electrons. The SMILES string of the molecule is CCOC(CC(=O)Oc1ccccc1)C(=O)Oc1ccccc1. The molecule has 1 atom stereocenters. The van der Waals surface area contributed by atoms with Crippen molar-refractivity contribution in [1.29, 1.82) is 0 Å². The van der Waals surface area contributed by atoms with Gasteiger partial charge in [0.25, 0.3) is 0 Å². The number of carbonyl (C=O) groups is 2. The molecule has 0 saturated heterocycles. The van der Waals surface area contributed by atoms with Gasteiger partial charge in [0.2, 0.25) is 0 Å². The van der Waals surface area contributed by atoms with Crippen molar-refractivity contribution in [2.24, 2.45) is 0 Å². The Morgan fingerprint density at radius 3 is 1.91 bits per heavy atom. The maximum Gasteiger partial charge on any atom is 0.341 e. The maximum absolute atomic E-state index is 12.1. The van der Waals surface area contributed by atoms with Crippen molar-refractivity contribution in [3.63, 3.8) is 0 Å². The Morgan fingerprint density at radius 2 is 1.39 bits per heavy atom. The Labute approximate surface area is 134 Å². The maximum atomic E-state index is 12.1. The second-order valence-electron chi connectivity index (χ2n) is 4.67. The van der Waals surface area contributed by atoms with Gasteiger partial charge in [0.05, 0.1) is 6.42 Å². The highest BCUT2D eigenvalue weighted by Crippen LogP contribution is 2.14. The number of rotatable bonds is 7. The number of hydrogen-bond donors (Lipinski definition) is 0. The third kappa shape index (κ3) is 5.56. The third-order valence-electron chi connectivity index (χ3n) is 2.92. The van der Waals surface area contributed by atoms with Gasteiger partial charge in [-0.2, -0.15) is 0 Å². The van der Waals surface area contributed by atoms with Gasteiger partial charge in [0.1, 0.15) is 11.5 Å². The fourth-order valence-corrected chi connectivity index (χ4v) is 1.89. The van der Waals surface area contributed by atoms with Crippen LogP contribution in [0.25, 0.3) is 0 Å². The quantitative estimate of drug-likeness (QED) is 0.581. The Kier molecular flexibility index (Phi) is 6.32. The van der Waals surface area contributed by atoms with Crippen molar-refractivity contribution in [1.82, 2.24) is 0 Å². The minimum atomic E-state index is -1.00. The van der Waals surface area contributed by atoms with Crippen LogP contribution in [0.1, 0.15) is 13.3 Å². The molecule has 0 spiro atoms. The topological polar surface area (TPSA) is 61.8 Å². The molecule has 1 unspecified atom stereocenters. The Bertz CT molecular complexity index is 624. The first-order valence-corrected chi connectivity index (χ1v) is 7.33. The highest BCUT2D eigenvalue weighted by atomic mass is 16.6. The molecule has 0 fully saturated rings. The molecule has 0 aromatic heterocycles. The van der Waals surface area contributed by atoms with Crippen LogP contribution in [0.3, 0.4) is 0 Å². The first-order chi connectivity index (χ1) is 11.2. The van der Waals surface area contributed by atoms with Gasteiger partial charge in [0, 0.05) is 6.61 Å². The summed E-state index contributed by atoms with van der Waals surface area (Å²) in [6.45, 7) is 2.03. The fourth-order valence-electron chi connectivity index (χ4n) is 1.89. The summed E-state index contributed by atoms with van der Waals surface area (Å²) in [6.07, 6.45) is -1.22. The van der Waals surface area contributed by atoms with Crippen LogP contribution in [0.5, 0.6) is 11.5 Å². The Morgan fingerprint density at radius 1 is 0.870 bits per heavy atom. The first-order valence-electron chi connectivity index (χ1n) is 7.33. The van der Waals surface area contributed by atoms with Gasteiger partial charge < -0.3 is 14.2 Å². The minimum absolute atomic E-state index is 0.214. The van der Waals surface area contributed by atoms with E-state index in [0.29, 0.717) is 11.5 Å². The van der Waals surface area contributed by atoms with Crippen LogP contribution in [-0.2, 0) is 14.3 Å². The molecule has 0 radical (unpaired) electrons. The van der Waals surface area contributed by atoms with E-state index in [0.717, 1.165) is 0 Å². The lowest BCUT2D eigenvalue weighted by molar-refractivity contribution is -0.153. The van der Waals surface area contributed by atoms with Gasteiger partial charge in [-0.25, -0.2) is 4.79 Å². The summed E-state index contributed by atoms with van der Waals surface area (Å²) in [5.74, 6) is -0.356. The second kappa shape index (κ2) is 8.70. The Hall–Kier alpha value is -2.66. The monoisotopic (exact) mass is 314 g/mol. The van der Waals surface area contributed by atoms with Crippen LogP contribution in [0.4, 0.5) is 0 Å².